The van der Waals surface area contributed by atoms with Gasteiger partial charge in [-0.25, -0.2) is 4.79 Å². The minimum absolute atomic E-state index is 0.0126. The Morgan fingerprint density at radius 3 is 2.25 bits per heavy atom. The zero-order chi connectivity index (χ0) is 21.0. The van der Waals surface area contributed by atoms with Crippen LogP contribution in [-0.2, 0) is 9.53 Å². The molecule has 0 fully saturated rings. The van der Waals surface area contributed by atoms with Crippen molar-refractivity contribution in [1.82, 2.24) is 0 Å². The fraction of sp³-hybridized carbons (Fsp3) is 0.300. The van der Waals surface area contributed by atoms with E-state index in [9.17, 15) is 19.7 Å². The molecule has 2 aromatic carbocycles. The first kappa shape index (κ1) is 20.9. The molecule has 1 unspecified atom stereocenters. The monoisotopic (exact) mass is 386 g/mol. The molecular formula is C20H22N2O6. The van der Waals surface area contributed by atoms with Gasteiger partial charge in [0.15, 0.2) is 6.10 Å². The standard InChI is InChI=1S/C20H22N2O6/c1-11-8-12(2)18(13(3)9-11)20(24)28-14(4)19(23)21-16-7-6-15(27-5)10-17(16)22(25)26/h6-10,14H,1-5H3,(H,21,23). The summed E-state index contributed by atoms with van der Waals surface area (Å²) >= 11 is 0. The average molecular weight is 386 g/mol. The van der Waals surface area contributed by atoms with Crippen molar-refractivity contribution in [2.75, 3.05) is 12.4 Å². The van der Waals surface area contributed by atoms with Crippen LogP contribution in [0.4, 0.5) is 11.4 Å². The zero-order valence-corrected chi connectivity index (χ0v) is 16.4. The molecule has 8 nitrogen and oxygen atoms in total. The van der Waals surface area contributed by atoms with Crippen LogP contribution in [0.1, 0.15) is 34.0 Å². The van der Waals surface area contributed by atoms with Crippen molar-refractivity contribution in [3.05, 3.63) is 62.7 Å². The number of ether oxygens (including phenoxy) is 2. The van der Waals surface area contributed by atoms with E-state index in [0.717, 1.165) is 16.7 Å². The van der Waals surface area contributed by atoms with Gasteiger partial charge in [0.1, 0.15) is 11.4 Å². The van der Waals surface area contributed by atoms with E-state index >= 15 is 0 Å². The maximum absolute atomic E-state index is 12.5. The van der Waals surface area contributed by atoms with E-state index in [4.69, 9.17) is 9.47 Å². The zero-order valence-electron chi connectivity index (χ0n) is 16.4. The van der Waals surface area contributed by atoms with Gasteiger partial charge in [0.2, 0.25) is 0 Å². The summed E-state index contributed by atoms with van der Waals surface area (Å²) in [5, 5.41) is 13.6. The smallest absolute Gasteiger partial charge is 0.339 e. The van der Waals surface area contributed by atoms with Crippen LogP contribution < -0.4 is 10.1 Å². The third-order valence-corrected chi connectivity index (χ3v) is 4.19. The molecule has 0 saturated carbocycles. The molecule has 148 valence electrons. The van der Waals surface area contributed by atoms with E-state index < -0.39 is 22.9 Å². The van der Waals surface area contributed by atoms with Crippen LogP contribution in [0.25, 0.3) is 0 Å². The number of nitrogens with one attached hydrogen (secondary N) is 1. The van der Waals surface area contributed by atoms with Crippen molar-refractivity contribution in [3.63, 3.8) is 0 Å². The summed E-state index contributed by atoms with van der Waals surface area (Å²) in [6, 6.07) is 7.76. The lowest BCUT2D eigenvalue weighted by molar-refractivity contribution is -0.384. The Bertz CT molecular complexity index is 915. The molecule has 0 aromatic heterocycles. The summed E-state index contributed by atoms with van der Waals surface area (Å²) in [7, 11) is 1.38. The highest BCUT2D eigenvalue weighted by Crippen LogP contribution is 2.29. The number of rotatable bonds is 6. The summed E-state index contributed by atoms with van der Waals surface area (Å²) < 4.78 is 10.2. The number of benzene rings is 2. The van der Waals surface area contributed by atoms with Gasteiger partial charge in [0.25, 0.3) is 11.6 Å². The van der Waals surface area contributed by atoms with Gasteiger partial charge in [-0.3, -0.25) is 14.9 Å². The van der Waals surface area contributed by atoms with E-state index in [-0.39, 0.29) is 17.1 Å². The summed E-state index contributed by atoms with van der Waals surface area (Å²) in [4.78, 5) is 35.5. The Kier molecular flexibility index (Phi) is 6.35. The molecule has 0 heterocycles. The topological polar surface area (TPSA) is 108 Å². The number of anilines is 1. The Morgan fingerprint density at radius 2 is 1.71 bits per heavy atom. The van der Waals surface area contributed by atoms with Gasteiger partial charge in [0, 0.05) is 0 Å². The highest BCUT2D eigenvalue weighted by molar-refractivity contribution is 5.99. The molecule has 0 aliphatic rings. The largest absolute Gasteiger partial charge is 0.496 e. The Labute approximate surface area is 162 Å². The lowest BCUT2D eigenvalue weighted by atomic mass is 10.00. The number of hydrogen-bond acceptors (Lipinski definition) is 6. The fourth-order valence-corrected chi connectivity index (χ4v) is 2.90. The summed E-state index contributed by atoms with van der Waals surface area (Å²) in [6.07, 6.45) is -1.14. The molecule has 2 rings (SSSR count). The molecule has 0 saturated heterocycles. The number of carbonyl (C=O) groups excluding carboxylic acids is 2. The number of methoxy groups -OCH3 is 1. The Morgan fingerprint density at radius 1 is 1.11 bits per heavy atom. The van der Waals surface area contributed by atoms with Gasteiger partial charge >= 0.3 is 5.97 Å². The Hall–Kier alpha value is -3.42. The van der Waals surface area contributed by atoms with Gasteiger partial charge in [0.05, 0.1) is 23.7 Å². The van der Waals surface area contributed by atoms with E-state index in [1.54, 1.807) is 13.8 Å². The van der Waals surface area contributed by atoms with Crippen LogP contribution in [0.2, 0.25) is 0 Å². The second kappa shape index (κ2) is 8.51. The van der Waals surface area contributed by atoms with E-state index in [1.807, 2.05) is 19.1 Å². The van der Waals surface area contributed by atoms with Crippen LogP contribution in [0.3, 0.4) is 0 Å². The number of hydrogen-bond donors (Lipinski definition) is 1. The van der Waals surface area contributed by atoms with Crippen LogP contribution in [-0.4, -0.2) is 30.0 Å². The predicted molar refractivity (Wildman–Crippen MR) is 104 cm³/mol. The number of nitro benzene ring substituents is 1. The number of nitro groups is 1. The molecule has 28 heavy (non-hydrogen) atoms. The predicted octanol–water partition coefficient (Wildman–Crippen LogP) is 3.71. The lowest BCUT2D eigenvalue weighted by Gasteiger charge is -2.16. The number of carbonyl (C=O) groups is 2. The number of esters is 1. The van der Waals surface area contributed by atoms with Gasteiger partial charge in [-0.15, -0.1) is 0 Å². The van der Waals surface area contributed by atoms with Crippen molar-refractivity contribution >= 4 is 23.3 Å². The van der Waals surface area contributed by atoms with E-state index in [1.165, 1.54) is 32.2 Å². The fourth-order valence-electron chi connectivity index (χ4n) is 2.90. The molecule has 1 atom stereocenters. The number of nitrogens with zero attached hydrogens (tertiary/aromatic N) is 1. The first-order valence-electron chi connectivity index (χ1n) is 8.56. The molecule has 8 heteroatoms. The summed E-state index contributed by atoms with van der Waals surface area (Å²) in [5.41, 5.74) is 2.59. The normalized spacial score (nSPS) is 11.5. The summed E-state index contributed by atoms with van der Waals surface area (Å²) in [5.74, 6) is -1.01. The number of aryl methyl sites for hydroxylation is 3. The quantitative estimate of drug-likeness (QED) is 0.461. The van der Waals surface area contributed by atoms with E-state index in [2.05, 4.69) is 5.32 Å². The molecule has 0 bridgehead atoms. The van der Waals surface area contributed by atoms with Gasteiger partial charge in [-0.1, -0.05) is 17.7 Å². The third-order valence-electron chi connectivity index (χ3n) is 4.19. The highest BCUT2D eigenvalue weighted by atomic mass is 16.6. The Balaban J connectivity index is 2.16. The molecule has 1 amide bonds. The van der Waals surface area contributed by atoms with Crippen molar-refractivity contribution in [1.29, 1.82) is 0 Å². The minimum Gasteiger partial charge on any atom is -0.496 e. The lowest BCUT2D eigenvalue weighted by Crippen LogP contribution is -2.30. The third kappa shape index (κ3) is 4.64. The number of amides is 1. The molecule has 1 N–H and O–H groups in total. The summed E-state index contributed by atoms with van der Waals surface area (Å²) in [6.45, 7) is 6.92. The minimum atomic E-state index is -1.14. The average Bonchev–Trinajstić information content (AvgIpc) is 2.60. The van der Waals surface area contributed by atoms with Gasteiger partial charge < -0.3 is 14.8 Å². The molecular weight excluding hydrogens is 364 g/mol. The maximum Gasteiger partial charge on any atom is 0.339 e. The molecule has 0 aliphatic heterocycles. The second-order valence-corrected chi connectivity index (χ2v) is 6.45. The molecule has 0 aliphatic carbocycles. The van der Waals surface area contributed by atoms with Crippen molar-refractivity contribution in [3.8, 4) is 5.75 Å². The molecule has 0 radical (unpaired) electrons. The first-order chi connectivity index (χ1) is 13.1. The first-order valence-corrected chi connectivity index (χ1v) is 8.56. The second-order valence-electron chi connectivity index (χ2n) is 6.45. The van der Waals surface area contributed by atoms with Crippen LogP contribution in [0.5, 0.6) is 5.75 Å². The van der Waals surface area contributed by atoms with Crippen molar-refractivity contribution in [2.24, 2.45) is 0 Å². The van der Waals surface area contributed by atoms with Crippen LogP contribution in [0, 0.1) is 30.9 Å². The van der Waals surface area contributed by atoms with Gasteiger partial charge in [-0.2, -0.15) is 0 Å². The van der Waals surface area contributed by atoms with Crippen LogP contribution >= 0.6 is 0 Å². The maximum atomic E-state index is 12.5. The van der Waals surface area contributed by atoms with Crippen LogP contribution in [0.15, 0.2) is 30.3 Å². The van der Waals surface area contributed by atoms with E-state index in [0.29, 0.717) is 5.56 Å². The molecule has 2 aromatic rings. The highest BCUT2D eigenvalue weighted by Gasteiger charge is 2.24. The van der Waals surface area contributed by atoms with Gasteiger partial charge in [-0.05, 0) is 51.0 Å². The SMILES string of the molecule is COc1ccc(NC(=O)C(C)OC(=O)c2c(C)cc(C)cc2C)c([N+](=O)[O-])c1. The molecule has 0 spiro atoms. The van der Waals surface area contributed by atoms with Crippen molar-refractivity contribution in [2.45, 2.75) is 33.8 Å². The van der Waals surface area contributed by atoms with Crippen molar-refractivity contribution < 1.29 is 24.0 Å².